The van der Waals surface area contributed by atoms with Crippen molar-refractivity contribution in [3.63, 3.8) is 0 Å². The quantitative estimate of drug-likeness (QED) is 0.238. The van der Waals surface area contributed by atoms with Gasteiger partial charge in [0, 0.05) is 45.2 Å². The summed E-state index contributed by atoms with van der Waals surface area (Å²) >= 11 is 0. The van der Waals surface area contributed by atoms with Gasteiger partial charge in [-0.25, -0.2) is 0 Å². The third-order valence-corrected chi connectivity index (χ3v) is 3.22. The number of methoxy groups -OCH3 is 2. The molecule has 0 spiro atoms. The lowest BCUT2D eigenvalue weighted by atomic mass is 10.1. The van der Waals surface area contributed by atoms with Gasteiger partial charge in [0.1, 0.15) is 0 Å². The number of aryl methyl sites for hydroxylation is 1. The van der Waals surface area contributed by atoms with Crippen LogP contribution >= 0.6 is 0 Å². The van der Waals surface area contributed by atoms with E-state index in [0.717, 1.165) is 36.3 Å². The smallest absolute Gasteiger partial charge is 0.172 e. The van der Waals surface area contributed by atoms with Crippen LogP contribution in [0.5, 0.6) is 0 Å². The van der Waals surface area contributed by atoms with E-state index in [2.05, 4.69) is 10.1 Å². The zero-order chi connectivity index (χ0) is 15.7. The van der Waals surface area contributed by atoms with Crippen LogP contribution in [0.1, 0.15) is 17.5 Å². The minimum absolute atomic E-state index is 0.110. The number of ether oxygens (including phenoxy) is 2. The molecule has 0 aliphatic carbocycles. The van der Waals surface area contributed by atoms with E-state index in [0.29, 0.717) is 13.2 Å². The van der Waals surface area contributed by atoms with Gasteiger partial charge in [-0.3, -0.25) is 0 Å². The fourth-order valence-corrected chi connectivity index (χ4v) is 2.13. The van der Waals surface area contributed by atoms with Crippen LogP contribution in [0.15, 0.2) is 23.4 Å². The lowest BCUT2D eigenvalue weighted by Gasteiger charge is -2.27. The maximum atomic E-state index is 8.95. The molecule has 118 valence electrons. The van der Waals surface area contributed by atoms with Crippen molar-refractivity contribution in [1.29, 1.82) is 0 Å². The van der Waals surface area contributed by atoms with Crippen LogP contribution in [-0.4, -0.2) is 51.6 Å². The van der Waals surface area contributed by atoms with Gasteiger partial charge in [0.05, 0.1) is 6.61 Å². The summed E-state index contributed by atoms with van der Waals surface area (Å²) in [6.07, 6.45) is 0.893. The highest BCUT2D eigenvalue weighted by Gasteiger charge is 2.14. The Labute approximate surface area is 126 Å². The molecule has 6 heteroatoms. The normalized spacial score (nSPS) is 11.7. The van der Waals surface area contributed by atoms with E-state index < -0.39 is 0 Å². The van der Waals surface area contributed by atoms with Crippen molar-refractivity contribution in [2.24, 2.45) is 10.9 Å². The molecule has 0 aromatic heterocycles. The van der Waals surface area contributed by atoms with Crippen LogP contribution < -0.4 is 10.6 Å². The number of benzene rings is 1. The van der Waals surface area contributed by atoms with Crippen molar-refractivity contribution in [2.45, 2.75) is 13.3 Å². The molecule has 0 amide bonds. The zero-order valence-corrected chi connectivity index (χ0v) is 13.0. The molecule has 1 aromatic carbocycles. The summed E-state index contributed by atoms with van der Waals surface area (Å²) in [6, 6.07) is 5.85. The predicted molar refractivity (Wildman–Crippen MR) is 84.3 cm³/mol. The van der Waals surface area contributed by atoms with Gasteiger partial charge in [0.15, 0.2) is 5.84 Å². The first kappa shape index (κ1) is 17.3. The summed E-state index contributed by atoms with van der Waals surface area (Å²) in [5.41, 5.74) is 8.57. The first-order chi connectivity index (χ1) is 10.1. The Bertz CT molecular complexity index is 463. The molecule has 0 atom stereocenters. The number of hydrogen-bond donors (Lipinski definition) is 2. The minimum Gasteiger partial charge on any atom is -0.409 e. The lowest BCUT2D eigenvalue weighted by Crippen LogP contribution is -2.31. The highest BCUT2D eigenvalue weighted by Crippen LogP contribution is 2.22. The standard InChI is InChI=1S/C15H25N3O3/c1-12-5-6-13(15(16)17-19)14(11-12)18(8-10-21-3)7-4-9-20-2/h5-6,11,19H,4,7-10H2,1-3H3,(H2,16,17). The van der Waals surface area contributed by atoms with Gasteiger partial charge in [-0.15, -0.1) is 0 Å². The van der Waals surface area contributed by atoms with Crippen molar-refractivity contribution in [1.82, 2.24) is 0 Å². The first-order valence-corrected chi connectivity index (χ1v) is 6.95. The molecule has 6 nitrogen and oxygen atoms in total. The highest BCUT2D eigenvalue weighted by molar-refractivity contribution is 6.02. The molecule has 3 N–H and O–H groups in total. The monoisotopic (exact) mass is 295 g/mol. The van der Waals surface area contributed by atoms with Gasteiger partial charge in [-0.2, -0.15) is 0 Å². The summed E-state index contributed by atoms with van der Waals surface area (Å²) in [4.78, 5) is 2.17. The molecule has 1 rings (SSSR count). The zero-order valence-electron chi connectivity index (χ0n) is 13.0. The first-order valence-electron chi connectivity index (χ1n) is 6.95. The number of hydrogen-bond acceptors (Lipinski definition) is 5. The number of nitrogens with zero attached hydrogens (tertiary/aromatic N) is 2. The second kappa shape index (κ2) is 9.20. The Morgan fingerprint density at radius 1 is 1.24 bits per heavy atom. The Morgan fingerprint density at radius 2 is 1.95 bits per heavy atom. The summed E-state index contributed by atoms with van der Waals surface area (Å²) < 4.78 is 10.3. The molecule has 0 aliphatic rings. The lowest BCUT2D eigenvalue weighted by molar-refractivity contribution is 0.191. The van der Waals surface area contributed by atoms with Crippen molar-refractivity contribution in [3.05, 3.63) is 29.3 Å². The number of amidine groups is 1. The molecule has 0 fully saturated rings. The Kier molecular flexibility index (Phi) is 7.56. The Morgan fingerprint density at radius 3 is 2.57 bits per heavy atom. The number of nitrogens with two attached hydrogens (primary N) is 1. The molecule has 0 radical (unpaired) electrons. The van der Waals surface area contributed by atoms with Crippen molar-refractivity contribution in [2.75, 3.05) is 45.4 Å². The fourth-order valence-electron chi connectivity index (χ4n) is 2.13. The topological polar surface area (TPSA) is 80.3 Å². The third kappa shape index (κ3) is 5.24. The van der Waals surface area contributed by atoms with Crippen LogP contribution in [0, 0.1) is 6.92 Å². The molecule has 0 heterocycles. The minimum atomic E-state index is 0.110. The van der Waals surface area contributed by atoms with Gasteiger partial charge < -0.3 is 25.3 Å². The molecule has 0 bridgehead atoms. The van der Waals surface area contributed by atoms with Gasteiger partial charge in [-0.1, -0.05) is 11.2 Å². The van der Waals surface area contributed by atoms with E-state index in [4.69, 9.17) is 20.4 Å². The van der Waals surface area contributed by atoms with E-state index in [1.165, 1.54) is 0 Å². The molecule has 0 saturated heterocycles. The number of rotatable bonds is 9. The van der Waals surface area contributed by atoms with E-state index in [9.17, 15) is 0 Å². The van der Waals surface area contributed by atoms with Crippen molar-refractivity contribution in [3.8, 4) is 0 Å². The van der Waals surface area contributed by atoms with Crippen LogP contribution in [-0.2, 0) is 9.47 Å². The SMILES string of the molecule is COCCCN(CCOC)c1cc(C)ccc1C(N)=NO. The van der Waals surface area contributed by atoms with Gasteiger partial charge in [-0.05, 0) is 31.0 Å². The van der Waals surface area contributed by atoms with Crippen LogP contribution in [0.3, 0.4) is 0 Å². The van der Waals surface area contributed by atoms with E-state index in [1.807, 2.05) is 25.1 Å². The summed E-state index contributed by atoms with van der Waals surface area (Å²) in [5.74, 6) is 0.110. The largest absolute Gasteiger partial charge is 0.409 e. The molecule has 21 heavy (non-hydrogen) atoms. The number of anilines is 1. The van der Waals surface area contributed by atoms with Gasteiger partial charge in [0.25, 0.3) is 0 Å². The van der Waals surface area contributed by atoms with Crippen LogP contribution in [0.25, 0.3) is 0 Å². The molecule has 0 saturated carbocycles. The summed E-state index contributed by atoms with van der Waals surface area (Å²) in [5, 5.41) is 12.1. The summed E-state index contributed by atoms with van der Waals surface area (Å²) in [6.45, 7) is 4.86. The number of oxime groups is 1. The van der Waals surface area contributed by atoms with Crippen LogP contribution in [0.4, 0.5) is 5.69 Å². The predicted octanol–water partition coefficient (Wildman–Crippen LogP) is 1.58. The van der Waals surface area contributed by atoms with Crippen molar-refractivity contribution >= 4 is 11.5 Å². The van der Waals surface area contributed by atoms with Gasteiger partial charge >= 0.3 is 0 Å². The molecule has 1 aromatic rings. The summed E-state index contributed by atoms with van der Waals surface area (Å²) in [7, 11) is 3.36. The second-order valence-corrected chi connectivity index (χ2v) is 4.83. The average molecular weight is 295 g/mol. The molecular formula is C15H25N3O3. The van der Waals surface area contributed by atoms with Gasteiger partial charge in [0.2, 0.25) is 0 Å². The molecule has 0 aliphatic heterocycles. The highest BCUT2D eigenvalue weighted by atomic mass is 16.5. The van der Waals surface area contributed by atoms with E-state index >= 15 is 0 Å². The third-order valence-electron chi connectivity index (χ3n) is 3.22. The molecule has 0 unspecified atom stereocenters. The molecular weight excluding hydrogens is 270 g/mol. The maximum Gasteiger partial charge on any atom is 0.172 e. The van der Waals surface area contributed by atoms with E-state index in [-0.39, 0.29) is 5.84 Å². The average Bonchev–Trinajstić information content (AvgIpc) is 2.50. The fraction of sp³-hybridized carbons (Fsp3) is 0.533. The Balaban J connectivity index is 3.05. The Hall–Kier alpha value is -1.79. The van der Waals surface area contributed by atoms with Crippen molar-refractivity contribution < 1.29 is 14.7 Å². The maximum absolute atomic E-state index is 8.95. The van der Waals surface area contributed by atoms with E-state index in [1.54, 1.807) is 14.2 Å². The van der Waals surface area contributed by atoms with Crippen LogP contribution in [0.2, 0.25) is 0 Å². The second-order valence-electron chi connectivity index (χ2n) is 4.83.